The average Bonchev–Trinajstić information content (AvgIpc) is 2.88. The number of ether oxygens (including phenoxy) is 2. The molecule has 198 valence electrons. The van der Waals surface area contributed by atoms with Crippen molar-refractivity contribution in [2.45, 2.75) is 28.6 Å². The van der Waals surface area contributed by atoms with Gasteiger partial charge in [0.25, 0.3) is 10.0 Å². The number of alkyl halides is 1. The predicted molar refractivity (Wildman–Crippen MR) is 146 cm³/mol. The minimum Gasteiger partial charge on any atom is -0.493 e. The van der Waals surface area contributed by atoms with Crippen LogP contribution in [0, 0.1) is 11.6 Å². The summed E-state index contributed by atoms with van der Waals surface area (Å²) in [7, 11) is -1.35. The summed E-state index contributed by atoms with van der Waals surface area (Å²) in [5.74, 6) is -1.18. The number of anilines is 1. The normalized spacial score (nSPS) is 11.3. The number of benzene rings is 3. The monoisotopic (exact) mass is 644 g/mol. The Kier molecular flexibility index (Phi) is 9.71. The van der Waals surface area contributed by atoms with Gasteiger partial charge in [-0.05, 0) is 59.5 Å². The predicted octanol–water partition coefficient (Wildman–Crippen LogP) is 4.97. The fourth-order valence-corrected chi connectivity index (χ4v) is 5.89. The van der Waals surface area contributed by atoms with Crippen molar-refractivity contribution in [3.63, 3.8) is 0 Å². The van der Waals surface area contributed by atoms with Crippen molar-refractivity contribution in [2.75, 3.05) is 25.1 Å². The number of rotatable bonds is 12. The third kappa shape index (κ3) is 6.89. The van der Waals surface area contributed by atoms with Crippen molar-refractivity contribution in [1.82, 2.24) is 0 Å². The van der Waals surface area contributed by atoms with Gasteiger partial charge in [-0.3, -0.25) is 9.10 Å². The van der Waals surface area contributed by atoms with E-state index in [9.17, 15) is 22.0 Å². The zero-order valence-electron chi connectivity index (χ0n) is 20.3. The van der Waals surface area contributed by atoms with Crippen LogP contribution in [0.3, 0.4) is 0 Å². The highest BCUT2D eigenvalue weighted by Gasteiger charge is 2.28. The summed E-state index contributed by atoms with van der Waals surface area (Å²) >= 11 is 2.17. The van der Waals surface area contributed by atoms with Gasteiger partial charge in [0.1, 0.15) is 11.6 Å². The van der Waals surface area contributed by atoms with Crippen LogP contribution in [0.25, 0.3) is 0 Å². The first-order valence-corrected chi connectivity index (χ1v) is 14.2. The largest absolute Gasteiger partial charge is 0.493 e. The zero-order valence-corrected chi connectivity index (χ0v) is 23.3. The molecule has 7 nitrogen and oxygen atoms in total. The molecule has 0 heterocycles. The van der Waals surface area contributed by atoms with E-state index in [0.29, 0.717) is 15.7 Å². The van der Waals surface area contributed by atoms with Crippen molar-refractivity contribution in [2.24, 2.45) is 5.73 Å². The molecule has 3 aromatic carbocycles. The highest BCUT2D eigenvalue weighted by molar-refractivity contribution is 14.1. The molecule has 0 aromatic heterocycles. The van der Waals surface area contributed by atoms with E-state index in [0.717, 1.165) is 23.8 Å². The number of nitrogens with zero attached hydrogens (tertiary/aromatic N) is 1. The van der Waals surface area contributed by atoms with Crippen LogP contribution in [0.15, 0.2) is 59.5 Å². The van der Waals surface area contributed by atoms with Gasteiger partial charge in [-0.2, -0.15) is 0 Å². The first-order valence-electron chi connectivity index (χ1n) is 11.3. The molecule has 1 amide bonds. The Morgan fingerprint density at radius 3 is 2.35 bits per heavy atom. The maximum Gasteiger partial charge on any atom is 0.264 e. The Hall–Kier alpha value is -2.93. The second-order valence-corrected chi connectivity index (χ2v) is 10.8. The standard InChI is InChI=1S/C26H27F2IN2O5S/c1-35-24-10-7-21(15-25(24)36-2)37(33,34)31(11-3-4-26(30)32)23-9-5-17(16-29)12-19(23)13-18-14-20(27)6-8-22(18)28/h5-10,12,14-15H,3-4,11,13,16H2,1-2H3,(H2,30,32). The molecule has 3 rings (SSSR count). The van der Waals surface area contributed by atoms with Gasteiger partial charge in [0.15, 0.2) is 11.5 Å². The van der Waals surface area contributed by atoms with Crippen molar-refractivity contribution in [3.8, 4) is 11.5 Å². The Morgan fingerprint density at radius 1 is 0.973 bits per heavy atom. The minimum absolute atomic E-state index is 0.0301. The van der Waals surface area contributed by atoms with Crippen LogP contribution < -0.4 is 19.5 Å². The van der Waals surface area contributed by atoms with Gasteiger partial charge in [-0.15, -0.1) is 0 Å². The van der Waals surface area contributed by atoms with Crippen LogP contribution in [0.2, 0.25) is 0 Å². The fourth-order valence-electron chi connectivity index (χ4n) is 3.86. The molecule has 0 spiro atoms. The van der Waals surface area contributed by atoms with E-state index in [1.54, 1.807) is 18.2 Å². The molecule has 0 atom stereocenters. The molecule has 0 bridgehead atoms. The van der Waals surface area contributed by atoms with Crippen LogP contribution in [-0.4, -0.2) is 35.1 Å². The van der Waals surface area contributed by atoms with E-state index < -0.39 is 27.6 Å². The quantitative estimate of drug-likeness (QED) is 0.222. The molecule has 11 heteroatoms. The lowest BCUT2D eigenvalue weighted by atomic mass is 10.0. The van der Waals surface area contributed by atoms with E-state index in [2.05, 4.69) is 22.6 Å². The summed E-state index contributed by atoms with van der Waals surface area (Å²) in [6.07, 6.45) is 0.0818. The fraction of sp³-hybridized carbons (Fsp3) is 0.269. The van der Waals surface area contributed by atoms with Gasteiger partial charge >= 0.3 is 0 Å². The van der Waals surface area contributed by atoms with E-state index in [1.807, 2.05) is 0 Å². The lowest BCUT2D eigenvalue weighted by Crippen LogP contribution is -2.33. The number of carbonyl (C=O) groups is 1. The Labute approximate surface area is 228 Å². The number of methoxy groups -OCH3 is 2. The summed E-state index contributed by atoms with van der Waals surface area (Å²) in [4.78, 5) is 11.3. The molecule has 0 saturated heterocycles. The van der Waals surface area contributed by atoms with Crippen molar-refractivity contribution < 1.29 is 31.5 Å². The molecule has 0 aliphatic carbocycles. The SMILES string of the molecule is COc1ccc(S(=O)(=O)N(CCCC(N)=O)c2ccc(CI)cc2Cc2cc(F)ccc2F)cc1OC. The molecule has 0 unspecified atom stereocenters. The van der Waals surface area contributed by atoms with Gasteiger partial charge in [-0.1, -0.05) is 34.7 Å². The van der Waals surface area contributed by atoms with Crippen LogP contribution in [-0.2, 0) is 25.7 Å². The van der Waals surface area contributed by atoms with Gasteiger partial charge in [0.05, 0.1) is 24.8 Å². The maximum absolute atomic E-state index is 14.5. The molecule has 0 fully saturated rings. The molecule has 0 aliphatic rings. The molecular formula is C26H27F2IN2O5S. The minimum atomic E-state index is -4.19. The van der Waals surface area contributed by atoms with Gasteiger partial charge in [-0.25, -0.2) is 17.2 Å². The number of halogens is 3. The number of primary amides is 1. The lowest BCUT2D eigenvalue weighted by molar-refractivity contribution is -0.118. The van der Waals surface area contributed by atoms with Crippen molar-refractivity contribution in [3.05, 3.63) is 82.9 Å². The third-order valence-corrected chi connectivity index (χ3v) is 8.37. The molecule has 0 saturated carbocycles. The molecular weight excluding hydrogens is 617 g/mol. The van der Waals surface area contributed by atoms with Crippen LogP contribution in [0.5, 0.6) is 11.5 Å². The number of nitrogens with two attached hydrogens (primary N) is 1. The lowest BCUT2D eigenvalue weighted by Gasteiger charge is -2.27. The average molecular weight is 644 g/mol. The van der Waals surface area contributed by atoms with E-state index in [4.69, 9.17) is 15.2 Å². The number of hydrogen-bond acceptors (Lipinski definition) is 5. The molecule has 0 aliphatic heterocycles. The van der Waals surface area contributed by atoms with Gasteiger partial charge in [0, 0.05) is 29.9 Å². The van der Waals surface area contributed by atoms with E-state index >= 15 is 0 Å². The smallest absolute Gasteiger partial charge is 0.264 e. The Morgan fingerprint density at radius 2 is 1.70 bits per heavy atom. The molecule has 37 heavy (non-hydrogen) atoms. The maximum atomic E-state index is 14.5. The third-order valence-electron chi connectivity index (χ3n) is 5.68. The first-order chi connectivity index (χ1) is 17.6. The summed E-state index contributed by atoms with van der Waals surface area (Å²) in [6.45, 7) is -0.0676. The molecule has 3 aromatic rings. The van der Waals surface area contributed by atoms with Gasteiger partial charge in [0.2, 0.25) is 5.91 Å². The number of sulfonamides is 1. The summed E-state index contributed by atoms with van der Waals surface area (Å²) in [6, 6.07) is 12.6. The van der Waals surface area contributed by atoms with Crippen LogP contribution >= 0.6 is 22.6 Å². The van der Waals surface area contributed by atoms with E-state index in [1.165, 1.54) is 36.7 Å². The second kappa shape index (κ2) is 12.5. The first kappa shape index (κ1) is 28.6. The van der Waals surface area contributed by atoms with Gasteiger partial charge < -0.3 is 15.2 Å². The van der Waals surface area contributed by atoms with Crippen LogP contribution in [0.1, 0.15) is 29.5 Å². The second-order valence-electron chi connectivity index (χ2n) is 8.17. The Balaban J connectivity index is 2.16. The Bertz CT molecular complexity index is 1390. The van der Waals surface area contributed by atoms with Crippen LogP contribution in [0.4, 0.5) is 14.5 Å². The summed E-state index contributed by atoms with van der Waals surface area (Å²) < 4.78 is 68.6. The molecule has 0 radical (unpaired) electrons. The number of hydrogen-bond donors (Lipinski definition) is 1. The van der Waals surface area contributed by atoms with E-state index in [-0.39, 0.29) is 47.7 Å². The highest BCUT2D eigenvalue weighted by Crippen LogP contribution is 2.35. The number of amides is 1. The van der Waals surface area contributed by atoms with Crippen molar-refractivity contribution in [1.29, 1.82) is 0 Å². The number of carbonyl (C=O) groups excluding carboxylic acids is 1. The summed E-state index contributed by atoms with van der Waals surface area (Å²) in [5, 5.41) is 0. The molecule has 2 N–H and O–H groups in total. The highest BCUT2D eigenvalue weighted by atomic mass is 127. The zero-order chi connectivity index (χ0) is 27.2. The van der Waals surface area contributed by atoms with Crippen molar-refractivity contribution >= 4 is 44.2 Å². The topological polar surface area (TPSA) is 98.9 Å². The summed E-state index contributed by atoms with van der Waals surface area (Å²) in [5.41, 5.74) is 7.05.